The number of nitriles is 1. The Morgan fingerprint density at radius 2 is 1.77 bits per heavy atom. The van der Waals surface area contributed by atoms with Crippen LogP contribution in [0.15, 0.2) is 58.6 Å². The zero-order valence-electron chi connectivity index (χ0n) is 16.2. The van der Waals surface area contributed by atoms with Crippen molar-refractivity contribution in [2.45, 2.75) is 18.4 Å². The van der Waals surface area contributed by atoms with Crippen molar-refractivity contribution in [3.63, 3.8) is 0 Å². The summed E-state index contributed by atoms with van der Waals surface area (Å²) in [6, 6.07) is 11.5. The topological polar surface area (TPSA) is 139 Å². The molecule has 162 valence electrons. The van der Waals surface area contributed by atoms with Gasteiger partial charge in [-0.25, -0.2) is 17.9 Å². The van der Waals surface area contributed by atoms with E-state index in [1.807, 2.05) is 0 Å². The maximum absolute atomic E-state index is 12.4. The molecule has 0 saturated carbocycles. The fourth-order valence-electron chi connectivity index (χ4n) is 2.32. The van der Waals surface area contributed by atoms with Crippen LogP contribution in [0.5, 0.6) is 0 Å². The molecule has 0 aliphatic rings. The van der Waals surface area contributed by atoms with E-state index >= 15 is 0 Å². The highest BCUT2D eigenvalue weighted by molar-refractivity contribution is 7.89. The van der Waals surface area contributed by atoms with Gasteiger partial charge in [-0.15, -0.1) is 0 Å². The molecule has 0 heterocycles. The smallest absolute Gasteiger partial charge is 0.338 e. The molecule has 0 radical (unpaired) electrons. The first-order valence-electron chi connectivity index (χ1n) is 8.65. The van der Waals surface area contributed by atoms with Gasteiger partial charge < -0.3 is 10.5 Å². The predicted molar refractivity (Wildman–Crippen MR) is 115 cm³/mol. The third-order valence-corrected chi connectivity index (χ3v) is 6.11. The Kier molecular flexibility index (Phi) is 8.19. The van der Waals surface area contributed by atoms with Gasteiger partial charge >= 0.3 is 5.97 Å². The summed E-state index contributed by atoms with van der Waals surface area (Å²) < 4.78 is 32.0. The number of hydrogen-bond donors (Lipinski definition) is 2. The van der Waals surface area contributed by atoms with E-state index in [2.05, 4.69) is 4.72 Å². The van der Waals surface area contributed by atoms with Crippen molar-refractivity contribution in [2.75, 3.05) is 6.61 Å². The molecular formula is C20H17Cl2N3O5S. The molecule has 8 nitrogen and oxygen atoms in total. The number of nitrogens with zero attached hydrogens (tertiary/aromatic N) is 1. The van der Waals surface area contributed by atoms with E-state index in [4.69, 9.17) is 38.9 Å². The average molecular weight is 482 g/mol. The van der Waals surface area contributed by atoms with E-state index in [9.17, 15) is 18.0 Å². The summed E-state index contributed by atoms with van der Waals surface area (Å²) in [6.07, 6.45) is 0. The lowest BCUT2D eigenvalue weighted by Gasteiger charge is -2.09. The van der Waals surface area contributed by atoms with Gasteiger partial charge in [-0.3, -0.25) is 4.79 Å². The molecule has 0 spiro atoms. The number of Topliss-reactive ketones (excluding diaryl/α,β-unsaturated/α-hetero) is 1. The van der Waals surface area contributed by atoms with Crippen molar-refractivity contribution in [3.8, 4) is 6.07 Å². The molecule has 3 N–H and O–H groups in total. The van der Waals surface area contributed by atoms with Gasteiger partial charge in [0.1, 0.15) is 11.6 Å². The lowest BCUT2D eigenvalue weighted by atomic mass is 10.1. The highest BCUT2D eigenvalue weighted by Crippen LogP contribution is 2.24. The van der Waals surface area contributed by atoms with Gasteiger partial charge in [0, 0.05) is 12.2 Å². The van der Waals surface area contributed by atoms with E-state index < -0.39 is 28.4 Å². The van der Waals surface area contributed by atoms with Gasteiger partial charge in [0.2, 0.25) is 15.8 Å². The molecule has 0 fully saturated rings. The van der Waals surface area contributed by atoms with Crippen molar-refractivity contribution in [1.29, 1.82) is 5.26 Å². The van der Waals surface area contributed by atoms with Crippen LogP contribution in [0.25, 0.3) is 0 Å². The number of esters is 1. The van der Waals surface area contributed by atoms with E-state index in [0.29, 0.717) is 5.56 Å². The first kappa shape index (κ1) is 24.4. The molecule has 31 heavy (non-hydrogen) atoms. The summed E-state index contributed by atoms with van der Waals surface area (Å²) in [5, 5.41) is 9.23. The molecule has 0 unspecified atom stereocenters. The largest absolute Gasteiger partial charge is 0.454 e. The fourth-order valence-corrected chi connectivity index (χ4v) is 3.73. The minimum Gasteiger partial charge on any atom is -0.454 e. The molecule has 0 amide bonds. The Morgan fingerprint density at radius 3 is 2.32 bits per heavy atom. The van der Waals surface area contributed by atoms with Gasteiger partial charge in [-0.1, -0.05) is 35.3 Å². The molecule has 2 rings (SSSR count). The Balaban J connectivity index is 1.98. The third-order valence-electron chi connectivity index (χ3n) is 3.98. The average Bonchev–Trinajstić information content (AvgIpc) is 2.73. The van der Waals surface area contributed by atoms with Crippen molar-refractivity contribution in [1.82, 2.24) is 4.72 Å². The highest BCUT2D eigenvalue weighted by Gasteiger charge is 2.17. The first-order chi connectivity index (χ1) is 14.5. The summed E-state index contributed by atoms with van der Waals surface area (Å²) in [7, 11) is -3.82. The summed E-state index contributed by atoms with van der Waals surface area (Å²) in [5.74, 6) is -1.48. The normalized spacial score (nSPS) is 11.9. The number of benzene rings is 2. The van der Waals surface area contributed by atoms with Crippen LogP contribution in [0, 0.1) is 11.3 Å². The van der Waals surface area contributed by atoms with Gasteiger partial charge in [-0.05, 0) is 42.8 Å². The van der Waals surface area contributed by atoms with E-state index in [0.717, 1.165) is 0 Å². The number of carbonyl (C=O) groups is 2. The number of nitrogens with two attached hydrogens (primary N) is 1. The molecule has 2 aromatic rings. The zero-order valence-corrected chi connectivity index (χ0v) is 18.5. The van der Waals surface area contributed by atoms with Gasteiger partial charge in [-0.2, -0.15) is 5.26 Å². The quantitative estimate of drug-likeness (QED) is 0.335. The summed E-state index contributed by atoms with van der Waals surface area (Å²) in [5.41, 5.74) is 5.92. The molecule has 2 aromatic carbocycles. The first-order valence-corrected chi connectivity index (χ1v) is 10.9. The predicted octanol–water partition coefficient (Wildman–Crippen LogP) is 2.95. The van der Waals surface area contributed by atoms with Gasteiger partial charge in [0.05, 0.1) is 20.5 Å². The standard InChI is InChI=1S/C20H17Cl2N3O5S/c1-12(24)16(9-23)19(26)11-30-20(27)14-4-2-13(3-5-14)10-25-31(28,29)15-6-7-17(21)18(22)8-15/h2-8,25H,10-11,24H2,1H3. The lowest BCUT2D eigenvalue weighted by Crippen LogP contribution is -2.23. The van der Waals surface area contributed by atoms with Crippen LogP contribution in [-0.4, -0.2) is 26.8 Å². The van der Waals surface area contributed by atoms with Gasteiger partial charge in [0.15, 0.2) is 6.61 Å². The van der Waals surface area contributed by atoms with Crippen LogP contribution in [0.4, 0.5) is 0 Å². The minimum absolute atomic E-state index is 0.0368. The third kappa shape index (κ3) is 6.54. The van der Waals surface area contributed by atoms with E-state index in [1.54, 1.807) is 6.07 Å². The number of carbonyl (C=O) groups excluding carboxylic acids is 2. The number of ketones is 1. The second-order valence-electron chi connectivity index (χ2n) is 6.27. The maximum atomic E-state index is 12.4. The number of sulfonamides is 1. The fraction of sp³-hybridized carbons (Fsp3) is 0.150. The Hall–Kier alpha value is -2.90. The monoisotopic (exact) mass is 481 g/mol. The van der Waals surface area contributed by atoms with Crippen molar-refractivity contribution in [2.24, 2.45) is 5.73 Å². The van der Waals surface area contributed by atoms with Crippen molar-refractivity contribution in [3.05, 3.63) is 74.9 Å². The molecule has 0 bridgehead atoms. The summed E-state index contributed by atoms with van der Waals surface area (Å²) >= 11 is 11.7. The van der Waals surface area contributed by atoms with Crippen LogP contribution in [0.3, 0.4) is 0 Å². The van der Waals surface area contributed by atoms with Crippen molar-refractivity contribution < 1.29 is 22.7 Å². The molecule has 0 saturated heterocycles. The molecule has 0 atom stereocenters. The lowest BCUT2D eigenvalue weighted by molar-refractivity contribution is -0.118. The molecule has 11 heteroatoms. The van der Waals surface area contributed by atoms with Crippen LogP contribution in [0.2, 0.25) is 10.0 Å². The van der Waals surface area contributed by atoms with E-state index in [-0.39, 0.29) is 38.3 Å². The number of nitrogens with one attached hydrogen (secondary N) is 1. The number of halogens is 2. The molecule has 0 aromatic heterocycles. The highest BCUT2D eigenvalue weighted by atomic mass is 35.5. The minimum atomic E-state index is -3.82. The number of allylic oxidation sites excluding steroid dienone is 1. The van der Waals surface area contributed by atoms with Crippen molar-refractivity contribution >= 4 is 45.0 Å². The summed E-state index contributed by atoms with van der Waals surface area (Å²) in [6.45, 7) is 0.733. The Bertz CT molecular complexity index is 1180. The number of ether oxygens (including phenoxy) is 1. The van der Waals surface area contributed by atoms with Crippen LogP contribution < -0.4 is 10.5 Å². The second kappa shape index (κ2) is 10.4. The van der Waals surface area contributed by atoms with Crippen LogP contribution in [-0.2, 0) is 26.1 Å². The van der Waals surface area contributed by atoms with Crippen LogP contribution in [0.1, 0.15) is 22.8 Å². The van der Waals surface area contributed by atoms with Gasteiger partial charge in [0.25, 0.3) is 0 Å². The maximum Gasteiger partial charge on any atom is 0.338 e. The Labute approximate surface area is 189 Å². The Morgan fingerprint density at radius 1 is 1.13 bits per heavy atom. The molecule has 0 aliphatic carbocycles. The zero-order chi connectivity index (χ0) is 23.2. The molecule has 0 aliphatic heterocycles. The summed E-state index contributed by atoms with van der Waals surface area (Å²) in [4.78, 5) is 23.8. The SMILES string of the molecule is CC(N)=C(C#N)C(=O)COC(=O)c1ccc(CNS(=O)(=O)c2ccc(Cl)c(Cl)c2)cc1. The number of rotatable bonds is 8. The number of hydrogen-bond acceptors (Lipinski definition) is 7. The van der Waals surface area contributed by atoms with E-state index in [1.165, 1.54) is 49.4 Å². The van der Waals surface area contributed by atoms with Crippen LogP contribution >= 0.6 is 23.2 Å². The molecular weight excluding hydrogens is 465 g/mol. The second-order valence-corrected chi connectivity index (χ2v) is 8.85.